The first-order chi connectivity index (χ1) is 13.9. The molecule has 152 valence electrons. The maximum Gasteiger partial charge on any atom is 0.258 e. The number of hydrogen-bond acceptors (Lipinski definition) is 2. The predicted octanol–water partition coefficient (Wildman–Crippen LogP) is 5.38. The van der Waals surface area contributed by atoms with E-state index in [2.05, 4.69) is 43.9 Å². The van der Waals surface area contributed by atoms with Crippen LogP contribution >= 0.6 is 0 Å². The quantitative estimate of drug-likeness (QED) is 0.599. The zero-order valence-electron chi connectivity index (χ0n) is 18.1. The molecule has 1 saturated heterocycles. The molecule has 4 rings (SSSR count). The minimum Gasteiger partial charge on any atom is -0.317 e. The molecule has 0 aliphatic carbocycles. The molecule has 29 heavy (non-hydrogen) atoms. The van der Waals surface area contributed by atoms with Crippen molar-refractivity contribution in [1.29, 1.82) is 0 Å². The summed E-state index contributed by atoms with van der Waals surface area (Å²) in [5, 5.41) is 1.81. The van der Waals surface area contributed by atoms with Gasteiger partial charge in [0.1, 0.15) is 0 Å². The summed E-state index contributed by atoms with van der Waals surface area (Å²) in [6.07, 6.45) is 4.60. The van der Waals surface area contributed by atoms with E-state index < -0.39 is 0 Å². The Bertz CT molecular complexity index is 1070. The number of piperidine rings is 1. The van der Waals surface area contributed by atoms with Crippen molar-refractivity contribution in [2.75, 3.05) is 13.1 Å². The summed E-state index contributed by atoms with van der Waals surface area (Å²) in [5.41, 5.74) is 5.09. The molecule has 0 saturated carbocycles. The number of aryl methyl sites for hydroxylation is 2. The van der Waals surface area contributed by atoms with E-state index in [1.54, 1.807) is 4.57 Å². The van der Waals surface area contributed by atoms with Gasteiger partial charge in [0.2, 0.25) is 0 Å². The Morgan fingerprint density at radius 2 is 1.72 bits per heavy atom. The lowest BCUT2D eigenvalue weighted by Crippen LogP contribution is -2.34. The number of pyridine rings is 1. The molecule has 2 aromatic carbocycles. The second-order valence-corrected chi connectivity index (χ2v) is 9.00. The molecule has 0 unspecified atom stereocenters. The van der Waals surface area contributed by atoms with Crippen molar-refractivity contribution >= 4 is 10.8 Å². The molecule has 3 aromatic rings. The second kappa shape index (κ2) is 8.16. The van der Waals surface area contributed by atoms with E-state index in [1.807, 2.05) is 37.5 Å². The normalized spacial score (nSPS) is 16.0. The molecular formula is C26H32N2O. The van der Waals surface area contributed by atoms with Gasteiger partial charge in [-0.2, -0.15) is 0 Å². The summed E-state index contributed by atoms with van der Waals surface area (Å²) in [4.78, 5) is 15.1. The largest absolute Gasteiger partial charge is 0.317 e. The van der Waals surface area contributed by atoms with Crippen molar-refractivity contribution in [3.8, 4) is 11.1 Å². The van der Waals surface area contributed by atoms with Crippen LogP contribution in [0.15, 0.2) is 53.5 Å². The van der Waals surface area contributed by atoms with Crippen LogP contribution in [0.2, 0.25) is 0 Å². The summed E-state index contributed by atoms with van der Waals surface area (Å²) in [6, 6.07) is 14.7. The summed E-state index contributed by atoms with van der Waals surface area (Å²) >= 11 is 0. The van der Waals surface area contributed by atoms with E-state index in [0.29, 0.717) is 0 Å². The number of nitrogens with zero attached hydrogens (tertiary/aromatic N) is 2. The van der Waals surface area contributed by atoms with Gasteiger partial charge in [-0.05, 0) is 72.8 Å². The molecule has 0 bridgehead atoms. The number of hydrogen-bond donors (Lipinski definition) is 0. The third-order valence-electron chi connectivity index (χ3n) is 6.71. The lowest BCUT2D eigenvalue weighted by Gasteiger charge is -2.34. The Morgan fingerprint density at radius 3 is 2.38 bits per heavy atom. The van der Waals surface area contributed by atoms with E-state index in [4.69, 9.17) is 0 Å². The monoisotopic (exact) mass is 388 g/mol. The van der Waals surface area contributed by atoms with Crippen LogP contribution in [0.3, 0.4) is 0 Å². The maximum atomic E-state index is 12.5. The van der Waals surface area contributed by atoms with E-state index in [1.165, 1.54) is 42.6 Å². The topological polar surface area (TPSA) is 25.2 Å². The van der Waals surface area contributed by atoms with Crippen LogP contribution in [-0.2, 0) is 13.6 Å². The van der Waals surface area contributed by atoms with Gasteiger partial charge in [0.25, 0.3) is 5.56 Å². The van der Waals surface area contributed by atoms with Crippen LogP contribution in [0.1, 0.15) is 37.8 Å². The maximum absolute atomic E-state index is 12.5. The van der Waals surface area contributed by atoms with Crippen LogP contribution in [0.5, 0.6) is 0 Å². The molecule has 0 N–H and O–H groups in total. The van der Waals surface area contributed by atoms with E-state index >= 15 is 0 Å². The average Bonchev–Trinajstić information content (AvgIpc) is 2.72. The van der Waals surface area contributed by atoms with Crippen LogP contribution in [0, 0.1) is 18.8 Å². The van der Waals surface area contributed by atoms with Gasteiger partial charge in [-0.15, -0.1) is 0 Å². The number of rotatable bonds is 4. The molecule has 2 heterocycles. The predicted molar refractivity (Wildman–Crippen MR) is 122 cm³/mol. The van der Waals surface area contributed by atoms with Gasteiger partial charge in [0.05, 0.1) is 0 Å². The molecule has 0 amide bonds. The number of benzene rings is 2. The number of likely N-dealkylation sites (tertiary alicyclic amines) is 1. The lowest BCUT2D eigenvalue weighted by molar-refractivity contribution is 0.152. The van der Waals surface area contributed by atoms with Crippen LogP contribution in [-0.4, -0.2) is 22.6 Å². The average molecular weight is 389 g/mol. The first-order valence-electron chi connectivity index (χ1n) is 10.8. The third kappa shape index (κ3) is 4.02. The van der Waals surface area contributed by atoms with Crippen molar-refractivity contribution < 1.29 is 0 Å². The van der Waals surface area contributed by atoms with Crippen LogP contribution in [0.25, 0.3) is 21.9 Å². The smallest absolute Gasteiger partial charge is 0.258 e. The van der Waals surface area contributed by atoms with Crippen molar-refractivity contribution in [3.63, 3.8) is 0 Å². The van der Waals surface area contributed by atoms with Gasteiger partial charge in [0.15, 0.2) is 0 Å². The molecule has 0 atom stereocenters. The third-order valence-corrected chi connectivity index (χ3v) is 6.71. The summed E-state index contributed by atoms with van der Waals surface area (Å²) in [6.45, 7) is 10.4. The van der Waals surface area contributed by atoms with Crippen molar-refractivity contribution in [2.45, 2.75) is 40.2 Å². The number of aromatic nitrogens is 1. The molecule has 1 aromatic heterocycles. The highest BCUT2D eigenvalue weighted by atomic mass is 16.1. The Hall–Kier alpha value is -2.39. The SMILES string of the molecule is Cc1cc(-c2cn(C)c(=O)c3ccccc23)ccc1CN1CCC(C(C)C)CC1. The Kier molecular flexibility index (Phi) is 5.60. The fraction of sp³-hybridized carbons (Fsp3) is 0.423. The standard InChI is InChI=1S/C26H32N2O/c1-18(2)20-11-13-28(14-12-20)16-22-10-9-21(15-19(22)3)25-17-27(4)26(29)24-8-6-5-7-23(24)25/h5-10,15,17-18,20H,11-14,16H2,1-4H3. The molecular weight excluding hydrogens is 356 g/mol. The fourth-order valence-corrected chi connectivity index (χ4v) is 4.71. The van der Waals surface area contributed by atoms with Crippen LogP contribution < -0.4 is 5.56 Å². The molecule has 1 aliphatic heterocycles. The first-order valence-corrected chi connectivity index (χ1v) is 10.8. The summed E-state index contributed by atoms with van der Waals surface area (Å²) in [7, 11) is 1.83. The molecule has 0 spiro atoms. The highest BCUT2D eigenvalue weighted by Gasteiger charge is 2.22. The zero-order chi connectivity index (χ0) is 20.5. The summed E-state index contributed by atoms with van der Waals surface area (Å²) < 4.78 is 1.69. The van der Waals surface area contributed by atoms with Gasteiger partial charge < -0.3 is 4.57 Å². The number of fused-ring (bicyclic) bond motifs is 1. The molecule has 0 radical (unpaired) electrons. The van der Waals surface area contributed by atoms with Gasteiger partial charge in [-0.1, -0.05) is 50.2 Å². The van der Waals surface area contributed by atoms with Crippen molar-refractivity contribution in [2.24, 2.45) is 18.9 Å². The minimum absolute atomic E-state index is 0.0579. The Morgan fingerprint density at radius 1 is 1.03 bits per heavy atom. The lowest BCUT2D eigenvalue weighted by atomic mass is 9.86. The van der Waals surface area contributed by atoms with Gasteiger partial charge >= 0.3 is 0 Å². The van der Waals surface area contributed by atoms with Crippen LogP contribution in [0.4, 0.5) is 0 Å². The Labute approximate surface area is 174 Å². The van der Waals surface area contributed by atoms with Gasteiger partial charge in [0, 0.05) is 30.7 Å². The molecule has 1 aliphatic rings. The highest BCUT2D eigenvalue weighted by molar-refractivity contribution is 5.95. The highest BCUT2D eigenvalue weighted by Crippen LogP contribution is 2.30. The molecule has 3 heteroatoms. The van der Waals surface area contributed by atoms with Gasteiger partial charge in [-0.25, -0.2) is 0 Å². The first kappa shape index (κ1) is 19.9. The minimum atomic E-state index is 0.0579. The van der Waals surface area contributed by atoms with Crippen molar-refractivity contribution in [1.82, 2.24) is 9.47 Å². The van der Waals surface area contributed by atoms with Crippen molar-refractivity contribution in [3.05, 3.63) is 70.1 Å². The van der Waals surface area contributed by atoms with E-state index in [-0.39, 0.29) is 5.56 Å². The zero-order valence-corrected chi connectivity index (χ0v) is 18.1. The van der Waals surface area contributed by atoms with E-state index in [9.17, 15) is 4.79 Å². The molecule has 1 fully saturated rings. The summed E-state index contributed by atoms with van der Waals surface area (Å²) in [5.74, 6) is 1.68. The second-order valence-electron chi connectivity index (χ2n) is 9.00. The van der Waals surface area contributed by atoms with Gasteiger partial charge in [-0.3, -0.25) is 9.69 Å². The fourth-order valence-electron chi connectivity index (χ4n) is 4.71. The molecule has 3 nitrogen and oxygen atoms in total. The van der Waals surface area contributed by atoms with E-state index in [0.717, 1.165) is 34.7 Å². The Balaban J connectivity index is 1.60.